The lowest BCUT2D eigenvalue weighted by Crippen LogP contribution is -2.21. The molecule has 2 heterocycles. The molecule has 42 heavy (non-hydrogen) atoms. The van der Waals surface area contributed by atoms with E-state index in [-0.39, 0.29) is 23.7 Å². The predicted octanol–water partition coefficient (Wildman–Crippen LogP) is 7.11. The molecule has 0 aliphatic rings. The molecule has 8 nitrogen and oxygen atoms in total. The van der Waals surface area contributed by atoms with Gasteiger partial charge in [0.25, 0.3) is 11.5 Å². The van der Waals surface area contributed by atoms with Gasteiger partial charge in [-0.25, -0.2) is 9.37 Å². The molecular weight excluding hydrogens is 674 g/mol. The van der Waals surface area contributed by atoms with Crippen LogP contribution in [-0.4, -0.2) is 28.4 Å². The van der Waals surface area contributed by atoms with Crippen LogP contribution in [0.15, 0.2) is 105 Å². The van der Waals surface area contributed by atoms with Crippen molar-refractivity contribution in [2.45, 2.75) is 0 Å². The van der Waals surface area contributed by atoms with Crippen molar-refractivity contribution in [1.29, 1.82) is 0 Å². The van der Waals surface area contributed by atoms with Crippen molar-refractivity contribution in [1.82, 2.24) is 9.66 Å². The second-order valence-electron chi connectivity index (χ2n) is 9.11. The van der Waals surface area contributed by atoms with E-state index in [4.69, 9.17) is 20.8 Å². The van der Waals surface area contributed by atoms with Gasteiger partial charge in [-0.05, 0) is 94.9 Å². The Morgan fingerprint density at radius 1 is 1.07 bits per heavy atom. The van der Waals surface area contributed by atoms with Crippen molar-refractivity contribution in [3.05, 3.63) is 121 Å². The summed E-state index contributed by atoms with van der Waals surface area (Å²) in [7, 11) is 0. The average molecular weight is 693 g/mol. The third-order valence-electron chi connectivity index (χ3n) is 6.24. The summed E-state index contributed by atoms with van der Waals surface area (Å²) in [4.78, 5) is 30.4. The van der Waals surface area contributed by atoms with Gasteiger partial charge in [-0.2, -0.15) is 9.78 Å². The van der Waals surface area contributed by atoms with E-state index in [2.05, 4.69) is 38.0 Å². The molecule has 6 rings (SSSR count). The first-order valence-electron chi connectivity index (χ1n) is 12.6. The first kappa shape index (κ1) is 27.6. The van der Waals surface area contributed by atoms with Crippen LogP contribution in [0.25, 0.3) is 33.5 Å². The Balaban J connectivity index is 1.27. The molecule has 2 aromatic heterocycles. The molecule has 0 spiro atoms. The molecule has 1 N–H and O–H groups in total. The molecular formula is C31H19ClFIN4O4. The van der Waals surface area contributed by atoms with Gasteiger partial charge in [0.2, 0.25) is 5.82 Å². The van der Waals surface area contributed by atoms with E-state index in [1.54, 1.807) is 72.8 Å². The highest BCUT2D eigenvalue weighted by Gasteiger charge is 2.17. The molecule has 11 heteroatoms. The van der Waals surface area contributed by atoms with Gasteiger partial charge in [-0.1, -0.05) is 35.9 Å². The molecule has 4 aromatic carbocycles. The standard InChI is InChI=1S/C31H19ClFIN4O4/c32-20-10-12-26-19(14-20)15-28(42-26)30-37-24-7-3-1-5-21(24)31(40)38(30)35-16-18-9-11-27(23(34)13-18)41-17-29(39)36-25-8-4-2-6-22(25)33/h1-16H,17H2,(H,36,39). The van der Waals surface area contributed by atoms with E-state index in [1.807, 2.05) is 0 Å². The predicted molar refractivity (Wildman–Crippen MR) is 169 cm³/mol. The van der Waals surface area contributed by atoms with Crippen LogP contribution < -0.4 is 15.6 Å². The van der Waals surface area contributed by atoms with Crippen LogP contribution in [0.5, 0.6) is 5.75 Å². The molecule has 1 amide bonds. The largest absolute Gasteiger partial charge is 0.483 e. The number of carbonyl (C=O) groups is 1. The first-order valence-corrected chi connectivity index (χ1v) is 14.0. The molecule has 0 radical (unpaired) electrons. The van der Waals surface area contributed by atoms with Crippen LogP contribution in [0.1, 0.15) is 5.56 Å². The van der Waals surface area contributed by atoms with E-state index in [0.717, 1.165) is 5.39 Å². The molecule has 0 saturated carbocycles. The number of aromatic nitrogens is 2. The molecule has 0 aliphatic heterocycles. The first-order chi connectivity index (χ1) is 20.4. The number of carbonyl (C=O) groups excluding carboxylic acids is 1. The Hall–Kier alpha value is -4.55. The van der Waals surface area contributed by atoms with E-state index in [0.29, 0.717) is 42.2 Å². The molecule has 208 valence electrons. The third kappa shape index (κ3) is 5.76. The molecule has 0 bridgehead atoms. The van der Waals surface area contributed by atoms with Gasteiger partial charge in [-0.15, -0.1) is 0 Å². The summed E-state index contributed by atoms with van der Waals surface area (Å²) in [5.41, 5.74) is 1.50. The van der Waals surface area contributed by atoms with E-state index < -0.39 is 11.7 Å². The number of ether oxygens (including phenoxy) is 1. The van der Waals surface area contributed by atoms with Crippen molar-refractivity contribution >= 4 is 73.9 Å². The van der Waals surface area contributed by atoms with Crippen molar-refractivity contribution in [2.75, 3.05) is 11.9 Å². The van der Waals surface area contributed by atoms with Gasteiger partial charge in [-0.3, -0.25) is 9.59 Å². The summed E-state index contributed by atoms with van der Waals surface area (Å²) in [6.07, 6.45) is 1.53. The van der Waals surface area contributed by atoms with Gasteiger partial charge >= 0.3 is 0 Å². The fourth-order valence-corrected chi connectivity index (χ4v) is 5.12. The molecule has 0 fully saturated rings. The van der Waals surface area contributed by atoms with Crippen LogP contribution in [0.2, 0.25) is 5.02 Å². The minimum Gasteiger partial charge on any atom is -0.483 e. The number of rotatable bonds is 7. The monoisotopic (exact) mass is 692 g/mol. The molecule has 6 aromatic rings. The summed E-state index contributed by atoms with van der Waals surface area (Å²) in [5, 5.41) is 8.69. The van der Waals surface area contributed by atoms with Gasteiger partial charge in [0.05, 0.1) is 26.4 Å². The van der Waals surface area contributed by atoms with Crippen LogP contribution in [0.4, 0.5) is 10.1 Å². The molecule has 0 atom stereocenters. The maximum atomic E-state index is 13.8. The number of fused-ring (bicyclic) bond motifs is 2. The topological polar surface area (TPSA) is 98.7 Å². The maximum Gasteiger partial charge on any atom is 0.282 e. The Labute approximate surface area is 256 Å². The number of para-hydroxylation sites is 2. The molecule has 0 aliphatic carbocycles. The van der Waals surface area contributed by atoms with E-state index in [9.17, 15) is 14.0 Å². The number of hydrogen-bond donors (Lipinski definition) is 1. The average Bonchev–Trinajstić information content (AvgIpc) is 3.40. The lowest BCUT2D eigenvalue weighted by Gasteiger charge is -2.10. The maximum absolute atomic E-state index is 13.8. The Bertz CT molecular complexity index is 2070. The number of hydrogen-bond acceptors (Lipinski definition) is 6. The fraction of sp³-hybridized carbons (Fsp3) is 0.0323. The normalized spacial score (nSPS) is 11.4. The van der Waals surface area contributed by atoms with Gasteiger partial charge in [0.1, 0.15) is 17.1 Å². The summed E-state index contributed by atoms with van der Waals surface area (Å²) in [6, 6.07) is 25.1. The number of furan rings is 1. The van der Waals surface area contributed by atoms with Crippen LogP contribution >= 0.6 is 34.2 Å². The zero-order valence-electron chi connectivity index (χ0n) is 21.6. The van der Waals surface area contributed by atoms with Crippen molar-refractivity contribution in [3.8, 4) is 17.3 Å². The number of nitrogens with zero attached hydrogens (tertiary/aromatic N) is 3. The third-order valence-corrected chi connectivity index (χ3v) is 7.32. The van der Waals surface area contributed by atoms with Crippen molar-refractivity contribution < 1.29 is 18.3 Å². The number of halogens is 3. The van der Waals surface area contributed by atoms with E-state index >= 15 is 0 Å². The number of amides is 1. The second-order valence-corrected chi connectivity index (χ2v) is 10.7. The number of nitrogens with one attached hydrogen (secondary N) is 1. The lowest BCUT2D eigenvalue weighted by atomic mass is 10.2. The van der Waals surface area contributed by atoms with Gasteiger partial charge < -0.3 is 14.5 Å². The summed E-state index contributed by atoms with van der Waals surface area (Å²) < 4.78 is 27.3. The quantitative estimate of drug-likeness (QED) is 0.142. The number of benzene rings is 4. The minimum atomic E-state index is -0.530. The smallest absolute Gasteiger partial charge is 0.282 e. The highest BCUT2D eigenvalue weighted by molar-refractivity contribution is 14.1. The van der Waals surface area contributed by atoms with Crippen LogP contribution in [0, 0.1) is 9.39 Å². The number of anilines is 1. The Morgan fingerprint density at radius 3 is 2.71 bits per heavy atom. The molecule has 0 unspecified atom stereocenters. The summed E-state index contributed by atoms with van der Waals surface area (Å²) >= 11 is 8.22. The van der Waals surface area contributed by atoms with Crippen molar-refractivity contribution in [3.63, 3.8) is 0 Å². The zero-order valence-corrected chi connectivity index (χ0v) is 24.5. The van der Waals surface area contributed by atoms with Crippen molar-refractivity contribution in [2.24, 2.45) is 5.10 Å². The highest BCUT2D eigenvalue weighted by atomic mass is 127. The van der Waals surface area contributed by atoms with Crippen LogP contribution in [-0.2, 0) is 4.79 Å². The summed E-state index contributed by atoms with van der Waals surface area (Å²) in [6.45, 7) is -0.304. The minimum absolute atomic E-state index is 0.0802. The Morgan fingerprint density at radius 2 is 1.88 bits per heavy atom. The highest BCUT2D eigenvalue weighted by Crippen LogP contribution is 2.29. The SMILES string of the molecule is O=C(COc1ccc(C=Nn2c(-c3cc4cc(Cl)ccc4o3)nc3ccccc3c2=O)cc1I)Nc1ccccc1F. The van der Waals surface area contributed by atoms with Crippen LogP contribution in [0.3, 0.4) is 0 Å². The fourth-order valence-electron chi connectivity index (χ4n) is 4.25. The second kappa shape index (κ2) is 11.7. The molecule has 0 saturated heterocycles. The van der Waals surface area contributed by atoms with E-state index in [1.165, 1.54) is 29.1 Å². The summed E-state index contributed by atoms with van der Waals surface area (Å²) in [5.74, 6) is 0.0300. The zero-order chi connectivity index (χ0) is 29.2. The van der Waals surface area contributed by atoms with Gasteiger partial charge in [0, 0.05) is 10.4 Å². The van der Waals surface area contributed by atoms with Gasteiger partial charge in [0.15, 0.2) is 12.4 Å². The Kier molecular flexibility index (Phi) is 7.72. The lowest BCUT2D eigenvalue weighted by molar-refractivity contribution is -0.118.